The molecule has 0 radical (unpaired) electrons. The Labute approximate surface area is 81.6 Å². The first kappa shape index (κ1) is 11.0. The molecule has 1 fully saturated rings. The molecule has 2 nitrogen and oxygen atoms in total. The molecule has 0 aromatic carbocycles. The zero-order chi connectivity index (χ0) is 9.52. The lowest BCUT2D eigenvalue weighted by atomic mass is 10.1. The maximum atomic E-state index is 5.45. The van der Waals surface area contributed by atoms with Crippen LogP contribution < -0.4 is 0 Å². The van der Waals surface area contributed by atoms with Crippen LogP contribution in [0.4, 0.5) is 0 Å². The standard InChI is InChI=1S/C11H22O2/c1-3-4-5-6-7-8-9-12-11-10(2)13-11/h10-11H,3-9H2,1-2H3. The summed E-state index contributed by atoms with van der Waals surface area (Å²) < 4.78 is 10.6. The van der Waals surface area contributed by atoms with E-state index in [0.29, 0.717) is 6.10 Å². The summed E-state index contributed by atoms with van der Waals surface area (Å²) in [6.07, 6.45) is 8.41. The van der Waals surface area contributed by atoms with E-state index in [9.17, 15) is 0 Å². The Morgan fingerprint density at radius 3 is 2.31 bits per heavy atom. The van der Waals surface area contributed by atoms with Crippen LogP contribution in [-0.4, -0.2) is 19.0 Å². The Bertz CT molecular complexity index is 125. The van der Waals surface area contributed by atoms with Crippen LogP contribution in [-0.2, 0) is 9.47 Å². The Hall–Kier alpha value is -0.0800. The number of epoxide rings is 1. The third kappa shape index (κ3) is 5.27. The second-order valence-corrected chi connectivity index (χ2v) is 3.85. The molecule has 0 aliphatic carbocycles. The van der Waals surface area contributed by atoms with Crippen LogP contribution in [0.5, 0.6) is 0 Å². The second-order valence-electron chi connectivity index (χ2n) is 3.85. The number of hydrogen-bond donors (Lipinski definition) is 0. The van der Waals surface area contributed by atoms with Crippen molar-refractivity contribution in [3.63, 3.8) is 0 Å². The molecule has 2 unspecified atom stereocenters. The maximum absolute atomic E-state index is 5.45. The van der Waals surface area contributed by atoms with E-state index in [1.165, 1.54) is 38.5 Å². The number of hydrogen-bond acceptors (Lipinski definition) is 2. The number of rotatable bonds is 8. The van der Waals surface area contributed by atoms with Crippen LogP contribution in [0.2, 0.25) is 0 Å². The van der Waals surface area contributed by atoms with E-state index in [0.717, 1.165) is 6.61 Å². The van der Waals surface area contributed by atoms with Gasteiger partial charge in [-0.2, -0.15) is 0 Å². The van der Waals surface area contributed by atoms with Crippen LogP contribution >= 0.6 is 0 Å². The first-order chi connectivity index (χ1) is 6.34. The minimum Gasteiger partial charge on any atom is -0.350 e. The highest BCUT2D eigenvalue weighted by molar-refractivity contribution is 4.69. The molecule has 13 heavy (non-hydrogen) atoms. The molecule has 0 bridgehead atoms. The van der Waals surface area contributed by atoms with Gasteiger partial charge in [-0.1, -0.05) is 39.0 Å². The van der Waals surface area contributed by atoms with Crippen molar-refractivity contribution in [3.8, 4) is 0 Å². The van der Waals surface area contributed by atoms with Crippen LogP contribution in [0.25, 0.3) is 0 Å². The molecule has 0 N–H and O–H groups in total. The van der Waals surface area contributed by atoms with Crippen LogP contribution in [0.3, 0.4) is 0 Å². The minimum atomic E-state index is 0.121. The van der Waals surface area contributed by atoms with Gasteiger partial charge in [-0.3, -0.25) is 0 Å². The fourth-order valence-corrected chi connectivity index (χ4v) is 1.42. The van der Waals surface area contributed by atoms with Crippen molar-refractivity contribution in [1.29, 1.82) is 0 Å². The highest BCUT2D eigenvalue weighted by Gasteiger charge is 2.34. The maximum Gasteiger partial charge on any atom is 0.184 e. The van der Waals surface area contributed by atoms with Gasteiger partial charge in [0.05, 0.1) is 0 Å². The fraction of sp³-hybridized carbons (Fsp3) is 1.00. The average molecular weight is 186 g/mol. The van der Waals surface area contributed by atoms with Crippen LogP contribution in [0.1, 0.15) is 52.4 Å². The van der Waals surface area contributed by atoms with Gasteiger partial charge in [0.1, 0.15) is 6.10 Å². The molecule has 1 saturated heterocycles. The fourth-order valence-electron chi connectivity index (χ4n) is 1.42. The smallest absolute Gasteiger partial charge is 0.184 e. The Kier molecular flexibility index (Phi) is 5.40. The van der Waals surface area contributed by atoms with Crippen molar-refractivity contribution < 1.29 is 9.47 Å². The summed E-state index contributed by atoms with van der Waals surface area (Å²) >= 11 is 0. The van der Waals surface area contributed by atoms with Crippen molar-refractivity contribution in [3.05, 3.63) is 0 Å². The summed E-state index contributed by atoms with van der Waals surface area (Å²) in [6.45, 7) is 5.17. The summed E-state index contributed by atoms with van der Waals surface area (Å²) in [5.41, 5.74) is 0. The summed E-state index contributed by atoms with van der Waals surface area (Å²) in [6, 6.07) is 0. The Morgan fingerprint density at radius 1 is 1.08 bits per heavy atom. The highest BCUT2D eigenvalue weighted by atomic mass is 16.8. The highest BCUT2D eigenvalue weighted by Crippen LogP contribution is 2.22. The van der Waals surface area contributed by atoms with E-state index in [1.807, 2.05) is 6.92 Å². The summed E-state index contributed by atoms with van der Waals surface area (Å²) in [5, 5.41) is 0. The zero-order valence-electron chi connectivity index (χ0n) is 8.92. The average Bonchev–Trinajstić information content (AvgIpc) is 2.81. The van der Waals surface area contributed by atoms with Crippen molar-refractivity contribution in [2.45, 2.75) is 64.8 Å². The predicted octanol–water partition coefficient (Wildman–Crippen LogP) is 3.11. The molecule has 1 heterocycles. The lowest BCUT2D eigenvalue weighted by Crippen LogP contribution is -1.99. The second kappa shape index (κ2) is 6.39. The van der Waals surface area contributed by atoms with Gasteiger partial charge in [-0.25, -0.2) is 0 Å². The Morgan fingerprint density at radius 2 is 1.69 bits per heavy atom. The van der Waals surface area contributed by atoms with Crippen molar-refractivity contribution in [2.24, 2.45) is 0 Å². The molecule has 0 aromatic rings. The summed E-state index contributed by atoms with van der Waals surface area (Å²) in [5.74, 6) is 0. The minimum absolute atomic E-state index is 0.121. The molecule has 0 aromatic heterocycles. The molecular formula is C11H22O2. The largest absolute Gasteiger partial charge is 0.350 e. The van der Waals surface area contributed by atoms with Gasteiger partial charge < -0.3 is 9.47 Å². The molecule has 1 aliphatic rings. The third-order valence-corrected chi connectivity index (χ3v) is 2.44. The van der Waals surface area contributed by atoms with Crippen LogP contribution in [0, 0.1) is 0 Å². The summed E-state index contributed by atoms with van der Waals surface area (Å²) in [7, 11) is 0. The molecule has 1 aliphatic heterocycles. The van der Waals surface area contributed by atoms with Gasteiger partial charge in [0.25, 0.3) is 0 Å². The number of unbranched alkanes of at least 4 members (excludes halogenated alkanes) is 5. The van der Waals surface area contributed by atoms with Crippen molar-refractivity contribution in [1.82, 2.24) is 0 Å². The molecule has 2 heteroatoms. The monoisotopic (exact) mass is 186 g/mol. The molecule has 0 amide bonds. The van der Waals surface area contributed by atoms with Gasteiger partial charge >= 0.3 is 0 Å². The van der Waals surface area contributed by atoms with E-state index in [-0.39, 0.29) is 6.29 Å². The van der Waals surface area contributed by atoms with Gasteiger partial charge in [0.2, 0.25) is 0 Å². The number of ether oxygens (including phenoxy) is 2. The topological polar surface area (TPSA) is 21.8 Å². The van der Waals surface area contributed by atoms with E-state index < -0.39 is 0 Å². The molecule has 2 atom stereocenters. The lowest BCUT2D eigenvalue weighted by Gasteiger charge is -2.00. The van der Waals surface area contributed by atoms with E-state index in [4.69, 9.17) is 9.47 Å². The Balaban J connectivity index is 1.69. The SMILES string of the molecule is CCCCCCCCOC1OC1C. The molecule has 0 spiro atoms. The van der Waals surface area contributed by atoms with E-state index >= 15 is 0 Å². The zero-order valence-corrected chi connectivity index (χ0v) is 8.92. The quantitative estimate of drug-likeness (QED) is 0.429. The lowest BCUT2D eigenvalue weighted by molar-refractivity contribution is 0.0478. The van der Waals surface area contributed by atoms with Gasteiger partial charge in [-0.05, 0) is 13.3 Å². The van der Waals surface area contributed by atoms with Crippen LogP contribution in [0.15, 0.2) is 0 Å². The summed E-state index contributed by atoms with van der Waals surface area (Å²) in [4.78, 5) is 0. The van der Waals surface area contributed by atoms with Gasteiger partial charge in [-0.15, -0.1) is 0 Å². The predicted molar refractivity (Wildman–Crippen MR) is 53.7 cm³/mol. The molecule has 1 rings (SSSR count). The molecule has 78 valence electrons. The van der Waals surface area contributed by atoms with Crippen molar-refractivity contribution in [2.75, 3.05) is 6.61 Å². The van der Waals surface area contributed by atoms with E-state index in [1.54, 1.807) is 0 Å². The van der Waals surface area contributed by atoms with Gasteiger partial charge in [0.15, 0.2) is 6.29 Å². The third-order valence-electron chi connectivity index (χ3n) is 2.44. The molecular weight excluding hydrogens is 164 g/mol. The van der Waals surface area contributed by atoms with Gasteiger partial charge in [0, 0.05) is 6.61 Å². The first-order valence-corrected chi connectivity index (χ1v) is 5.61. The van der Waals surface area contributed by atoms with Crippen molar-refractivity contribution >= 4 is 0 Å². The van der Waals surface area contributed by atoms with E-state index in [2.05, 4.69) is 6.92 Å². The first-order valence-electron chi connectivity index (χ1n) is 5.61. The molecule has 0 saturated carbocycles. The normalized spacial score (nSPS) is 26.3.